The number of hydrogen-bond acceptors (Lipinski definition) is 1. The molecule has 29 heavy (non-hydrogen) atoms. The standard InChI is InChI=1S/C22H23F6N/c1-14-3-5-17(6-4-14)19-11-15(2)18(13-29-19)12-16-7-9-20(10-8-16,21(23,24)25)22(26,27)28/h3-6,11,13,16H,7-10,12H2,1-2H3/i1D3,2D3,12D2. The summed E-state index contributed by atoms with van der Waals surface area (Å²) in [5, 5.41) is 0. The van der Waals surface area contributed by atoms with E-state index in [-0.39, 0.29) is 11.3 Å². The smallest absolute Gasteiger partial charge is 0.256 e. The van der Waals surface area contributed by atoms with Crippen LogP contribution in [0, 0.1) is 25.0 Å². The summed E-state index contributed by atoms with van der Waals surface area (Å²) in [4.78, 5) is 4.09. The largest absolute Gasteiger partial charge is 0.403 e. The molecule has 0 radical (unpaired) electrons. The van der Waals surface area contributed by atoms with Gasteiger partial charge in [0.05, 0.1) is 5.69 Å². The molecule has 0 saturated heterocycles. The first-order valence-electron chi connectivity index (χ1n) is 12.9. The molecule has 0 bridgehead atoms. The van der Waals surface area contributed by atoms with Crippen molar-refractivity contribution in [1.29, 1.82) is 0 Å². The molecule has 158 valence electrons. The zero-order valence-corrected chi connectivity index (χ0v) is 15.1. The minimum Gasteiger partial charge on any atom is -0.256 e. The second kappa shape index (κ2) is 7.65. The summed E-state index contributed by atoms with van der Waals surface area (Å²) in [7, 11) is 0. The van der Waals surface area contributed by atoms with E-state index in [4.69, 9.17) is 11.0 Å². The molecule has 1 aliphatic rings. The van der Waals surface area contributed by atoms with Gasteiger partial charge >= 0.3 is 12.4 Å². The van der Waals surface area contributed by atoms with Crippen LogP contribution in [0.25, 0.3) is 11.3 Å². The minimum atomic E-state index is -5.56. The van der Waals surface area contributed by atoms with Crippen molar-refractivity contribution in [2.45, 2.75) is 58.1 Å². The lowest BCUT2D eigenvalue weighted by Gasteiger charge is -2.42. The third-order valence-corrected chi connectivity index (χ3v) is 5.37. The Hall–Kier alpha value is -2.05. The van der Waals surface area contributed by atoms with E-state index >= 15 is 0 Å². The Bertz CT molecular complexity index is 1100. The van der Waals surface area contributed by atoms with E-state index in [1.165, 1.54) is 24.3 Å². The van der Waals surface area contributed by atoms with Crippen LogP contribution < -0.4 is 0 Å². The van der Waals surface area contributed by atoms with Crippen LogP contribution in [0.3, 0.4) is 0 Å². The number of hydrogen-bond donors (Lipinski definition) is 0. The molecule has 0 atom stereocenters. The lowest BCUT2D eigenvalue weighted by Crippen LogP contribution is -2.52. The maximum Gasteiger partial charge on any atom is 0.403 e. The molecule has 1 fully saturated rings. The fourth-order valence-corrected chi connectivity index (χ4v) is 3.57. The van der Waals surface area contributed by atoms with E-state index in [1.807, 2.05) is 0 Å². The number of pyridine rings is 1. The van der Waals surface area contributed by atoms with Crippen molar-refractivity contribution in [3.05, 3.63) is 53.2 Å². The normalized spacial score (nSPS) is 23.5. The molecule has 1 aromatic carbocycles. The SMILES string of the molecule is [2H]C([2H])([2H])c1ccc(-c2cc(C([2H])([2H])[2H])c(C([2H])([2H])C3CCC(C(F)(F)F)(C(F)(F)F)CC3)cn2)cc1. The zero-order valence-electron chi connectivity index (χ0n) is 23.1. The highest BCUT2D eigenvalue weighted by atomic mass is 19.4. The van der Waals surface area contributed by atoms with Crippen molar-refractivity contribution in [2.24, 2.45) is 11.3 Å². The summed E-state index contributed by atoms with van der Waals surface area (Å²) in [6.45, 7) is -5.25. The Morgan fingerprint density at radius 3 is 2.17 bits per heavy atom. The molecule has 3 rings (SSSR count). The second-order valence-electron chi connectivity index (χ2n) is 7.19. The Morgan fingerprint density at radius 2 is 1.66 bits per heavy atom. The topological polar surface area (TPSA) is 12.9 Å². The second-order valence-corrected chi connectivity index (χ2v) is 7.19. The van der Waals surface area contributed by atoms with Gasteiger partial charge in [0.25, 0.3) is 0 Å². The van der Waals surface area contributed by atoms with Gasteiger partial charge in [-0.1, -0.05) is 29.8 Å². The molecule has 1 aromatic heterocycles. The van der Waals surface area contributed by atoms with Crippen molar-refractivity contribution in [1.82, 2.24) is 4.98 Å². The fraction of sp³-hybridized carbons (Fsp3) is 0.500. The molecule has 1 aliphatic carbocycles. The van der Waals surface area contributed by atoms with E-state index in [1.54, 1.807) is 0 Å². The molecular formula is C22H23F6N. The molecule has 0 aliphatic heterocycles. The van der Waals surface area contributed by atoms with E-state index in [9.17, 15) is 26.3 Å². The summed E-state index contributed by atoms with van der Waals surface area (Å²) in [6.07, 6.45) is -17.0. The minimum absolute atomic E-state index is 0.0336. The molecule has 1 saturated carbocycles. The first kappa shape index (κ1) is 13.3. The van der Waals surface area contributed by atoms with Crippen molar-refractivity contribution in [3.8, 4) is 11.3 Å². The summed E-state index contributed by atoms with van der Waals surface area (Å²) >= 11 is 0. The number of alkyl halides is 6. The van der Waals surface area contributed by atoms with Crippen LogP contribution in [0.5, 0.6) is 0 Å². The predicted molar refractivity (Wildman–Crippen MR) is 99.4 cm³/mol. The summed E-state index contributed by atoms with van der Waals surface area (Å²) in [5.41, 5.74) is -4.41. The number of benzene rings is 1. The van der Waals surface area contributed by atoms with Gasteiger partial charge in [0.1, 0.15) is 0 Å². The quantitative estimate of drug-likeness (QED) is 0.475. The Kier molecular flexibility index (Phi) is 3.51. The number of aryl methyl sites for hydroxylation is 2. The van der Waals surface area contributed by atoms with Gasteiger partial charge in [-0.15, -0.1) is 0 Å². The van der Waals surface area contributed by atoms with Gasteiger partial charge in [-0.05, 0) is 68.9 Å². The van der Waals surface area contributed by atoms with Crippen LogP contribution in [-0.4, -0.2) is 17.3 Å². The molecule has 0 N–H and O–H groups in total. The lowest BCUT2D eigenvalue weighted by molar-refractivity contribution is -0.351. The van der Waals surface area contributed by atoms with E-state index in [2.05, 4.69) is 4.98 Å². The highest BCUT2D eigenvalue weighted by molar-refractivity contribution is 5.60. The lowest BCUT2D eigenvalue weighted by atomic mass is 9.68. The average molecular weight is 423 g/mol. The van der Waals surface area contributed by atoms with Crippen LogP contribution in [0.2, 0.25) is 0 Å². The monoisotopic (exact) mass is 423 g/mol. The highest BCUT2D eigenvalue weighted by Gasteiger charge is 2.70. The summed E-state index contributed by atoms with van der Waals surface area (Å²) in [6, 6.07) is 6.50. The van der Waals surface area contributed by atoms with Crippen LogP contribution >= 0.6 is 0 Å². The fourth-order valence-electron chi connectivity index (χ4n) is 3.57. The number of nitrogens with zero attached hydrogens (tertiary/aromatic N) is 1. The maximum absolute atomic E-state index is 13.4. The molecule has 0 amide bonds. The van der Waals surface area contributed by atoms with Crippen molar-refractivity contribution >= 4 is 0 Å². The number of halogens is 6. The zero-order chi connectivity index (χ0) is 28.2. The summed E-state index contributed by atoms with van der Waals surface area (Å²) < 4.78 is 144. The number of aromatic nitrogens is 1. The molecule has 0 unspecified atom stereocenters. The first-order valence-corrected chi connectivity index (χ1v) is 8.87. The Morgan fingerprint density at radius 1 is 1.03 bits per heavy atom. The van der Waals surface area contributed by atoms with Crippen LogP contribution in [0.1, 0.15) is 53.3 Å². The average Bonchev–Trinajstić information content (AvgIpc) is 2.76. The summed E-state index contributed by atoms with van der Waals surface area (Å²) in [5.74, 6) is -1.31. The van der Waals surface area contributed by atoms with Gasteiger partial charge in [-0.2, -0.15) is 26.3 Å². The third kappa shape index (κ3) is 4.28. The van der Waals surface area contributed by atoms with Gasteiger partial charge in [-0.25, -0.2) is 0 Å². The third-order valence-electron chi connectivity index (χ3n) is 5.37. The van der Waals surface area contributed by atoms with E-state index < -0.39 is 80.6 Å². The molecular weight excluding hydrogens is 392 g/mol. The van der Waals surface area contributed by atoms with Crippen molar-refractivity contribution < 1.29 is 37.3 Å². The molecule has 2 aromatic rings. The highest BCUT2D eigenvalue weighted by Crippen LogP contribution is 2.59. The Balaban J connectivity index is 1.98. The van der Waals surface area contributed by atoms with Crippen LogP contribution in [0.4, 0.5) is 26.3 Å². The van der Waals surface area contributed by atoms with Crippen LogP contribution in [-0.2, 0) is 6.37 Å². The van der Waals surface area contributed by atoms with Crippen LogP contribution in [0.15, 0.2) is 36.5 Å². The van der Waals surface area contributed by atoms with Crippen molar-refractivity contribution in [3.63, 3.8) is 0 Å². The Labute approximate surface area is 177 Å². The molecule has 1 heterocycles. The predicted octanol–water partition coefficient (Wildman–Crippen LogP) is 7.21. The van der Waals surface area contributed by atoms with Gasteiger partial charge in [0.2, 0.25) is 0 Å². The first-order chi connectivity index (χ1) is 16.6. The van der Waals surface area contributed by atoms with E-state index in [0.717, 1.165) is 12.3 Å². The van der Waals surface area contributed by atoms with E-state index in [0.29, 0.717) is 5.56 Å². The van der Waals surface area contributed by atoms with Gasteiger partial charge in [0.15, 0.2) is 5.41 Å². The van der Waals surface area contributed by atoms with Gasteiger partial charge in [0, 0.05) is 22.7 Å². The molecule has 0 spiro atoms. The van der Waals surface area contributed by atoms with Gasteiger partial charge in [-0.3, -0.25) is 4.98 Å². The van der Waals surface area contributed by atoms with Crippen molar-refractivity contribution in [2.75, 3.05) is 0 Å². The number of rotatable bonds is 3. The van der Waals surface area contributed by atoms with Gasteiger partial charge < -0.3 is 0 Å². The maximum atomic E-state index is 13.4. The molecule has 1 nitrogen and oxygen atoms in total. The molecule has 7 heteroatoms.